The van der Waals surface area contributed by atoms with Crippen molar-refractivity contribution < 1.29 is 9.84 Å². The van der Waals surface area contributed by atoms with E-state index in [-0.39, 0.29) is 12.2 Å². The minimum Gasteiger partial charge on any atom is -0.487 e. The van der Waals surface area contributed by atoms with Crippen LogP contribution in [0.25, 0.3) is 0 Å². The van der Waals surface area contributed by atoms with E-state index in [4.69, 9.17) is 4.74 Å². The van der Waals surface area contributed by atoms with Crippen molar-refractivity contribution in [3.8, 4) is 5.75 Å². The van der Waals surface area contributed by atoms with Crippen LogP contribution in [0, 0.1) is 5.92 Å². The number of aliphatic hydroxyl groups excluding tert-OH is 1. The molecule has 1 aliphatic heterocycles. The molecular formula is C12H16O2. The summed E-state index contributed by atoms with van der Waals surface area (Å²) >= 11 is 0. The third-order valence-corrected chi connectivity index (χ3v) is 2.70. The van der Waals surface area contributed by atoms with Crippen molar-refractivity contribution in [2.24, 2.45) is 5.92 Å². The topological polar surface area (TPSA) is 29.5 Å². The van der Waals surface area contributed by atoms with Gasteiger partial charge in [0.2, 0.25) is 0 Å². The Labute approximate surface area is 84.5 Å². The molecule has 0 bridgehead atoms. The summed E-state index contributed by atoms with van der Waals surface area (Å²) in [6.45, 7) is 4.14. The molecule has 0 aromatic heterocycles. The zero-order valence-electron chi connectivity index (χ0n) is 8.60. The van der Waals surface area contributed by atoms with Crippen LogP contribution < -0.4 is 4.74 Å². The molecule has 0 amide bonds. The molecule has 0 spiro atoms. The van der Waals surface area contributed by atoms with Crippen LogP contribution in [0.4, 0.5) is 0 Å². The Morgan fingerprint density at radius 3 is 2.79 bits per heavy atom. The van der Waals surface area contributed by atoms with Gasteiger partial charge in [0.05, 0.1) is 6.10 Å². The second-order valence-electron chi connectivity index (χ2n) is 4.21. The maximum atomic E-state index is 9.86. The number of hydrogen-bond donors (Lipinski definition) is 1. The molecule has 1 heterocycles. The molecular weight excluding hydrogens is 176 g/mol. The Bertz CT molecular complexity index is 320. The Balaban J connectivity index is 2.27. The highest BCUT2D eigenvalue weighted by molar-refractivity contribution is 5.36. The second-order valence-corrected chi connectivity index (χ2v) is 4.21. The van der Waals surface area contributed by atoms with Crippen LogP contribution in [0.15, 0.2) is 24.3 Å². The highest BCUT2D eigenvalue weighted by Gasteiger charge is 2.30. The number of benzene rings is 1. The van der Waals surface area contributed by atoms with E-state index in [2.05, 4.69) is 13.8 Å². The smallest absolute Gasteiger partial charge is 0.127 e. The van der Waals surface area contributed by atoms with E-state index in [9.17, 15) is 5.11 Å². The van der Waals surface area contributed by atoms with Gasteiger partial charge in [-0.05, 0) is 17.5 Å². The lowest BCUT2D eigenvalue weighted by Crippen LogP contribution is -2.41. The molecule has 1 N–H and O–H groups in total. The fourth-order valence-corrected chi connectivity index (χ4v) is 1.93. The maximum Gasteiger partial charge on any atom is 0.127 e. The van der Waals surface area contributed by atoms with E-state index in [1.54, 1.807) is 0 Å². The lowest BCUT2D eigenvalue weighted by molar-refractivity contribution is -0.00392. The fourth-order valence-electron chi connectivity index (χ4n) is 1.93. The zero-order valence-corrected chi connectivity index (χ0v) is 8.60. The molecule has 0 saturated carbocycles. The molecule has 0 fully saturated rings. The molecule has 0 radical (unpaired) electrons. The highest BCUT2D eigenvalue weighted by atomic mass is 16.5. The van der Waals surface area contributed by atoms with Gasteiger partial charge in [0.15, 0.2) is 0 Å². The number of rotatable bonds is 1. The van der Waals surface area contributed by atoms with Crippen LogP contribution in [0.2, 0.25) is 0 Å². The Kier molecular flexibility index (Phi) is 2.46. The quantitative estimate of drug-likeness (QED) is 0.737. The van der Waals surface area contributed by atoms with Crippen molar-refractivity contribution in [3.63, 3.8) is 0 Å². The molecule has 1 aromatic rings. The second kappa shape index (κ2) is 3.62. The van der Waals surface area contributed by atoms with E-state index in [1.165, 1.54) is 0 Å². The van der Waals surface area contributed by atoms with Crippen LogP contribution in [0.3, 0.4) is 0 Å². The molecule has 2 atom stereocenters. The van der Waals surface area contributed by atoms with Gasteiger partial charge in [-0.25, -0.2) is 0 Å². The van der Waals surface area contributed by atoms with Crippen molar-refractivity contribution in [1.29, 1.82) is 0 Å². The summed E-state index contributed by atoms with van der Waals surface area (Å²) in [7, 11) is 0. The molecule has 2 nitrogen and oxygen atoms in total. The first-order valence-electron chi connectivity index (χ1n) is 5.11. The predicted octanol–water partition coefficient (Wildman–Crippen LogP) is 2.01. The molecule has 2 rings (SSSR count). The van der Waals surface area contributed by atoms with Gasteiger partial charge in [-0.2, -0.15) is 0 Å². The van der Waals surface area contributed by atoms with Gasteiger partial charge in [-0.1, -0.05) is 32.0 Å². The van der Waals surface area contributed by atoms with E-state index < -0.39 is 0 Å². The first-order chi connectivity index (χ1) is 6.68. The van der Waals surface area contributed by atoms with Gasteiger partial charge >= 0.3 is 0 Å². The van der Waals surface area contributed by atoms with Crippen molar-refractivity contribution in [2.75, 3.05) is 0 Å². The van der Waals surface area contributed by atoms with Gasteiger partial charge in [0.25, 0.3) is 0 Å². The number of ether oxygens (including phenoxy) is 1. The Morgan fingerprint density at radius 2 is 2.07 bits per heavy atom. The molecule has 76 valence electrons. The van der Waals surface area contributed by atoms with Gasteiger partial charge in [-0.15, -0.1) is 0 Å². The van der Waals surface area contributed by atoms with Crippen LogP contribution in [0.5, 0.6) is 5.75 Å². The summed E-state index contributed by atoms with van der Waals surface area (Å²) in [6, 6.07) is 7.92. The van der Waals surface area contributed by atoms with Crippen LogP contribution in [0.1, 0.15) is 19.4 Å². The molecule has 0 aliphatic carbocycles. The number of hydrogen-bond acceptors (Lipinski definition) is 2. The number of fused-ring (bicyclic) bond motifs is 1. The van der Waals surface area contributed by atoms with Gasteiger partial charge in [-0.3, -0.25) is 0 Å². The lowest BCUT2D eigenvalue weighted by atomic mass is 9.93. The number of para-hydroxylation sites is 1. The van der Waals surface area contributed by atoms with Crippen molar-refractivity contribution in [2.45, 2.75) is 32.5 Å². The first-order valence-corrected chi connectivity index (χ1v) is 5.11. The third-order valence-electron chi connectivity index (χ3n) is 2.70. The summed E-state index contributed by atoms with van der Waals surface area (Å²) in [5, 5.41) is 9.86. The lowest BCUT2D eigenvalue weighted by Gasteiger charge is -2.32. The van der Waals surface area contributed by atoms with Gasteiger partial charge in [0.1, 0.15) is 11.9 Å². The van der Waals surface area contributed by atoms with Gasteiger partial charge < -0.3 is 9.84 Å². The van der Waals surface area contributed by atoms with Crippen molar-refractivity contribution >= 4 is 0 Å². The highest BCUT2D eigenvalue weighted by Crippen LogP contribution is 2.29. The summed E-state index contributed by atoms with van der Waals surface area (Å²) < 4.78 is 5.76. The molecule has 14 heavy (non-hydrogen) atoms. The maximum absolute atomic E-state index is 9.86. The average Bonchev–Trinajstić information content (AvgIpc) is 2.16. The van der Waals surface area contributed by atoms with Crippen LogP contribution in [-0.2, 0) is 6.42 Å². The summed E-state index contributed by atoms with van der Waals surface area (Å²) in [5.41, 5.74) is 1.11. The molecule has 1 aliphatic rings. The van der Waals surface area contributed by atoms with E-state index in [0.717, 1.165) is 11.3 Å². The van der Waals surface area contributed by atoms with Crippen LogP contribution in [-0.4, -0.2) is 17.3 Å². The van der Waals surface area contributed by atoms with Gasteiger partial charge in [0, 0.05) is 6.42 Å². The SMILES string of the molecule is CC(C)C1Oc2ccccc2CC1O. The largest absolute Gasteiger partial charge is 0.487 e. The molecule has 0 saturated heterocycles. The molecule has 2 unspecified atom stereocenters. The first kappa shape index (κ1) is 9.53. The zero-order chi connectivity index (χ0) is 10.1. The minimum atomic E-state index is -0.370. The van der Waals surface area contributed by atoms with Crippen molar-refractivity contribution in [3.05, 3.63) is 29.8 Å². The van der Waals surface area contributed by atoms with Crippen molar-refractivity contribution in [1.82, 2.24) is 0 Å². The standard InChI is InChI=1S/C12H16O2/c1-8(2)12-10(13)7-9-5-3-4-6-11(9)14-12/h3-6,8,10,12-13H,7H2,1-2H3. The van der Waals surface area contributed by atoms with Crippen LogP contribution >= 0.6 is 0 Å². The van der Waals surface area contributed by atoms with E-state index >= 15 is 0 Å². The minimum absolute atomic E-state index is 0.0649. The van der Waals surface area contributed by atoms with E-state index in [1.807, 2.05) is 24.3 Å². The fraction of sp³-hybridized carbons (Fsp3) is 0.500. The Hall–Kier alpha value is -1.02. The predicted molar refractivity (Wildman–Crippen MR) is 55.4 cm³/mol. The van der Waals surface area contributed by atoms with E-state index in [0.29, 0.717) is 12.3 Å². The number of aliphatic hydroxyl groups is 1. The third kappa shape index (κ3) is 1.62. The monoisotopic (exact) mass is 192 g/mol. The average molecular weight is 192 g/mol. The molecule has 2 heteroatoms. The summed E-state index contributed by atoms with van der Waals surface area (Å²) in [6.07, 6.45) is 0.272. The Morgan fingerprint density at radius 1 is 1.36 bits per heavy atom. The summed E-state index contributed by atoms with van der Waals surface area (Å²) in [5.74, 6) is 1.27. The molecule has 1 aromatic carbocycles. The normalized spacial score (nSPS) is 25.7. The summed E-state index contributed by atoms with van der Waals surface area (Å²) in [4.78, 5) is 0.